The van der Waals surface area contributed by atoms with E-state index in [0.717, 1.165) is 13.0 Å². The summed E-state index contributed by atoms with van der Waals surface area (Å²) in [6.07, 6.45) is 2.07. The van der Waals surface area contributed by atoms with Gasteiger partial charge in [-0.15, -0.1) is 0 Å². The maximum Gasteiger partial charge on any atom is 0.242 e. The normalized spacial score (nSPS) is 24.9. The van der Waals surface area contributed by atoms with E-state index in [4.69, 9.17) is 0 Å². The summed E-state index contributed by atoms with van der Waals surface area (Å²) in [5.74, 6) is -0.119. The minimum atomic E-state index is -0.360. The van der Waals surface area contributed by atoms with Crippen LogP contribution < -0.4 is 16.0 Å². The summed E-state index contributed by atoms with van der Waals surface area (Å²) in [7, 11) is 0. The summed E-state index contributed by atoms with van der Waals surface area (Å²) in [4.78, 5) is 23.1. The molecule has 2 aliphatic heterocycles. The molecule has 1 aromatic rings. The fourth-order valence-electron chi connectivity index (χ4n) is 2.91. The van der Waals surface area contributed by atoms with Crippen LogP contribution in [-0.4, -0.2) is 30.9 Å². The minimum absolute atomic E-state index is 0.0358. The second-order valence-electron chi connectivity index (χ2n) is 5.36. The number of carbonyl (C=O) groups is 2. The van der Waals surface area contributed by atoms with Gasteiger partial charge in [-0.1, -0.05) is 24.3 Å². The topological polar surface area (TPSA) is 70.2 Å². The van der Waals surface area contributed by atoms with E-state index >= 15 is 0 Å². The van der Waals surface area contributed by atoms with Crippen LogP contribution in [0.4, 0.5) is 0 Å². The molecule has 0 radical (unpaired) electrons. The Kier molecular flexibility index (Phi) is 3.69. The van der Waals surface area contributed by atoms with Crippen molar-refractivity contribution in [3.8, 4) is 0 Å². The van der Waals surface area contributed by atoms with E-state index in [-0.39, 0.29) is 23.9 Å². The third kappa shape index (κ3) is 2.67. The third-order valence-electron chi connectivity index (χ3n) is 4.01. The smallest absolute Gasteiger partial charge is 0.242 e. The Bertz CT molecular complexity index is 530. The zero-order valence-electron chi connectivity index (χ0n) is 11.3. The first-order valence-corrected chi connectivity index (χ1v) is 7.12. The largest absolute Gasteiger partial charge is 0.352 e. The van der Waals surface area contributed by atoms with Gasteiger partial charge in [-0.25, -0.2) is 0 Å². The molecule has 1 saturated heterocycles. The Morgan fingerprint density at radius 1 is 1.30 bits per heavy atom. The Morgan fingerprint density at radius 2 is 2.15 bits per heavy atom. The van der Waals surface area contributed by atoms with Crippen LogP contribution in [0, 0.1) is 0 Å². The summed E-state index contributed by atoms with van der Waals surface area (Å²) in [5, 5.41) is 9.06. The van der Waals surface area contributed by atoms with Crippen LogP contribution in [-0.2, 0) is 16.0 Å². The van der Waals surface area contributed by atoms with Crippen LogP contribution in [0.5, 0.6) is 0 Å². The van der Waals surface area contributed by atoms with Gasteiger partial charge in [0.15, 0.2) is 0 Å². The van der Waals surface area contributed by atoms with E-state index in [9.17, 15) is 9.59 Å². The van der Waals surface area contributed by atoms with Crippen LogP contribution in [0.25, 0.3) is 0 Å². The van der Waals surface area contributed by atoms with Crippen molar-refractivity contribution in [2.75, 3.05) is 13.1 Å². The zero-order valence-corrected chi connectivity index (χ0v) is 11.3. The first-order valence-electron chi connectivity index (χ1n) is 7.12. The molecule has 0 aliphatic carbocycles. The van der Waals surface area contributed by atoms with Crippen LogP contribution in [0.3, 0.4) is 0 Å². The van der Waals surface area contributed by atoms with Crippen molar-refractivity contribution in [1.29, 1.82) is 0 Å². The monoisotopic (exact) mass is 273 g/mol. The fraction of sp³-hybridized carbons (Fsp3) is 0.467. The van der Waals surface area contributed by atoms with Crippen molar-refractivity contribution in [3.05, 3.63) is 35.4 Å². The number of nitrogens with one attached hydrogen (secondary N) is 3. The molecule has 0 spiro atoms. The van der Waals surface area contributed by atoms with Gasteiger partial charge >= 0.3 is 0 Å². The van der Waals surface area contributed by atoms with Gasteiger partial charge in [0, 0.05) is 19.0 Å². The molecule has 5 nitrogen and oxygen atoms in total. The lowest BCUT2D eigenvalue weighted by molar-refractivity contribution is -0.125. The molecule has 1 aromatic carbocycles. The third-order valence-corrected chi connectivity index (χ3v) is 4.01. The lowest BCUT2D eigenvalue weighted by atomic mass is 9.94. The van der Waals surface area contributed by atoms with Crippen molar-refractivity contribution in [3.63, 3.8) is 0 Å². The fourth-order valence-corrected chi connectivity index (χ4v) is 2.91. The van der Waals surface area contributed by atoms with Crippen LogP contribution in [0.15, 0.2) is 24.3 Å². The molecule has 3 rings (SSSR count). The molecular weight excluding hydrogens is 254 g/mol. The van der Waals surface area contributed by atoms with Crippen LogP contribution >= 0.6 is 0 Å². The summed E-state index contributed by atoms with van der Waals surface area (Å²) >= 11 is 0. The molecule has 20 heavy (non-hydrogen) atoms. The van der Waals surface area contributed by atoms with Gasteiger partial charge in [-0.3, -0.25) is 9.59 Å². The molecule has 2 aliphatic rings. The minimum Gasteiger partial charge on any atom is -0.352 e. The molecule has 1 fully saturated rings. The van der Waals surface area contributed by atoms with Crippen molar-refractivity contribution >= 4 is 11.8 Å². The lowest BCUT2D eigenvalue weighted by Crippen LogP contribution is -2.45. The maximum atomic E-state index is 12.0. The zero-order chi connectivity index (χ0) is 13.9. The van der Waals surface area contributed by atoms with Crippen LogP contribution in [0.1, 0.15) is 30.0 Å². The molecule has 2 atom stereocenters. The Balaban J connectivity index is 1.59. The molecule has 0 saturated carbocycles. The van der Waals surface area contributed by atoms with Gasteiger partial charge in [0.2, 0.25) is 11.8 Å². The van der Waals surface area contributed by atoms with E-state index in [1.165, 1.54) is 11.1 Å². The number of benzene rings is 1. The molecule has 106 valence electrons. The number of rotatable bonds is 3. The predicted molar refractivity (Wildman–Crippen MR) is 75.1 cm³/mol. The van der Waals surface area contributed by atoms with Gasteiger partial charge in [0.25, 0.3) is 0 Å². The van der Waals surface area contributed by atoms with Gasteiger partial charge < -0.3 is 16.0 Å². The first kappa shape index (κ1) is 13.1. The highest BCUT2D eigenvalue weighted by Gasteiger charge is 2.28. The second kappa shape index (κ2) is 5.63. The van der Waals surface area contributed by atoms with E-state index < -0.39 is 0 Å². The number of hydrogen-bond donors (Lipinski definition) is 3. The van der Waals surface area contributed by atoms with E-state index in [1.54, 1.807) is 0 Å². The number of amides is 2. The van der Waals surface area contributed by atoms with Gasteiger partial charge in [-0.2, -0.15) is 0 Å². The molecule has 2 amide bonds. The highest BCUT2D eigenvalue weighted by Crippen LogP contribution is 2.21. The summed E-state index contributed by atoms with van der Waals surface area (Å²) in [6, 6.07) is 8.12. The van der Waals surface area contributed by atoms with Crippen LogP contribution in [0.2, 0.25) is 0 Å². The first-order chi connectivity index (χ1) is 9.74. The highest BCUT2D eigenvalue weighted by molar-refractivity contribution is 5.90. The molecular formula is C15H19N3O2. The number of carbonyl (C=O) groups excluding carboxylic acids is 2. The van der Waals surface area contributed by atoms with Gasteiger partial charge in [-0.05, 0) is 30.5 Å². The Morgan fingerprint density at radius 3 is 2.95 bits per heavy atom. The molecule has 3 N–H and O–H groups in total. The Hall–Kier alpha value is -1.88. The predicted octanol–water partition coefficient (Wildman–Crippen LogP) is 0.268. The van der Waals surface area contributed by atoms with Crippen molar-refractivity contribution in [2.24, 2.45) is 0 Å². The van der Waals surface area contributed by atoms with E-state index in [2.05, 4.69) is 28.1 Å². The average Bonchev–Trinajstić information content (AvgIpc) is 2.91. The number of fused-ring (bicyclic) bond motifs is 1. The molecule has 2 heterocycles. The molecule has 1 unspecified atom stereocenters. The molecule has 0 bridgehead atoms. The Labute approximate surface area is 118 Å². The van der Waals surface area contributed by atoms with E-state index in [0.29, 0.717) is 19.4 Å². The average molecular weight is 273 g/mol. The van der Waals surface area contributed by atoms with Crippen molar-refractivity contribution in [2.45, 2.75) is 31.3 Å². The lowest BCUT2D eigenvalue weighted by Gasteiger charge is -2.27. The molecule has 0 aromatic heterocycles. The SMILES string of the molecule is O=C1CC[C@@H](C(=O)NCC2NCCc3ccccc32)N1. The standard InChI is InChI=1S/C15H19N3O2/c19-14-6-5-12(18-14)15(20)17-9-13-11-4-2-1-3-10(11)7-8-16-13/h1-4,12-13,16H,5-9H2,(H,17,20)(H,18,19)/t12-,13?/m0/s1. The summed E-state index contributed by atoms with van der Waals surface area (Å²) < 4.78 is 0. The quantitative estimate of drug-likeness (QED) is 0.740. The summed E-state index contributed by atoms with van der Waals surface area (Å²) in [5.41, 5.74) is 2.61. The second-order valence-corrected chi connectivity index (χ2v) is 5.36. The summed E-state index contributed by atoms with van der Waals surface area (Å²) in [6.45, 7) is 1.49. The molecule has 5 heteroatoms. The van der Waals surface area contributed by atoms with Gasteiger partial charge in [0.05, 0.1) is 0 Å². The highest BCUT2D eigenvalue weighted by atomic mass is 16.2. The van der Waals surface area contributed by atoms with Crippen molar-refractivity contribution < 1.29 is 9.59 Å². The number of hydrogen-bond acceptors (Lipinski definition) is 3. The van der Waals surface area contributed by atoms with Gasteiger partial charge in [0.1, 0.15) is 6.04 Å². The van der Waals surface area contributed by atoms with E-state index in [1.807, 2.05) is 12.1 Å². The maximum absolute atomic E-state index is 12.0. The van der Waals surface area contributed by atoms with Crippen molar-refractivity contribution in [1.82, 2.24) is 16.0 Å².